The molecule has 4 heteroatoms. The Morgan fingerprint density at radius 1 is 1.47 bits per heavy atom. The van der Waals surface area contributed by atoms with Crippen molar-refractivity contribution in [3.63, 3.8) is 0 Å². The Morgan fingerprint density at radius 2 is 2.20 bits per heavy atom. The van der Waals surface area contributed by atoms with E-state index in [2.05, 4.69) is 11.9 Å². The fraction of sp³-hybridized carbons (Fsp3) is 0.545. The van der Waals surface area contributed by atoms with Crippen LogP contribution in [0.25, 0.3) is 0 Å². The van der Waals surface area contributed by atoms with E-state index in [4.69, 9.17) is 5.73 Å². The van der Waals surface area contributed by atoms with E-state index in [0.29, 0.717) is 12.1 Å². The Balaban J connectivity index is 2.58. The third-order valence-corrected chi connectivity index (χ3v) is 3.09. The standard InChI is InChI=1S/C11H17N3O/c1-13-4-3-10-9(7-13)5-8(6-12)11(15)14(10)2/h5H,3-4,6-7,12H2,1-2H3. The van der Waals surface area contributed by atoms with Gasteiger partial charge in [-0.05, 0) is 18.7 Å². The first-order chi connectivity index (χ1) is 7.13. The van der Waals surface area contributed by atoms with E-state index in [1.165, 1.54) is 5.56 Å². The summed E-state index contributed by atoms with van der Waals surface area (Å²) in [5, 5.41) is 0. The van der Waals surface area contributed by atoms with Crippen molar-refractivity contribution in [2.45, 2.75) is 19.5 Å². The molecule has 0 unspecified atom stereocenters. The fourth-order valence-electron chi connectivity index (χ4n) is 2.19. The minimum atomic E-state index is 0.0563. The first kappa shape index (κ1) is 10.4. The maximum Gasteiger partial charge on any atom is 0.254 e. The number of likely N-dealkylation sites (N-methyl/N-ethyl adjacent to an activating group) is 1. The first-order valence-corrected chi connectivity index (χ1v) is 5.22. The van der Waals surface area contributed by atoms with E-state index in [9.17, 15) is 4.79 Å². The lowest BCUT2D eigenvalue weighted by Gasteiger charge is -2.27. The van der Waals surface area contributed by atoms with Crippen LogP contribution in [0.5, 0.6) is 0 Å². The van der Waals surface area contributed by atoms with E-state index in [0.717, 1.165) is 25.2 Å². The fourth-order valence-corrected chi connectivity index (χ4v) is 2.19. The van der Waals surface area contributed by atoms with Gasteiger partial charge in [-0.25, -0.2) is 0 Å². The molecule has 0 fully saturated rings. The molecule has 0 aromatic carbocycles. The molecule has 1 aromatic heterocycles. The van der Waals surface area contributed by atoms with Crippen LogP contribution in [0.1, 0.15) is 16.8 Å². The molecular weight excluding hydrogens is 190 g/mol. The molecular formula is C11H17N3O. The normalized spacial score (nSPS) is 16.5. The zero-order valence-electron chi connectivity index (χ0n) is 9.29. The summed E-state index contributed by atoms with van der Waals surface area (Å²) < 4.78 is 1.75. The van der Waals surface area contributed by atoms with Crippen LogP contribution in [0.3, 0.4) is 0 Å². The van der Waals surface area contributed by atoms with Gasteiger partial charge >= 0.3 is 0 Å². The zero-order chi connectivity index (χ0) is 11.0. The summed E-state index contributed by atoms with van der Waals surface area (Å²) in [6.45, 7) is 2.25. The molecule has 2 N–H and O–H groups in total. The van der Waals surface area contributed by atoms with E-state index in [1.807, 2.05) is 13.1 Å². The molecule has 4 nitrogen and oxygen atoms in total. The van der Waals surface area contributed by atoms with Gasteiger partial charge in [0.15, 0.2) is 0 Å². The summed E-state index contributed by atoms with van der Waals surface area (Å²) in [4.78, 5) is 14.1. The highest BCUT2D eigenvalue weighted by Gasteiger charge is 2.17. The van der Waals surface area contributed by atoms with Crippen molar-refractivity contribution in [2.75, 3.05) is 13.6 Å². The number of rotatable bonds is 1. The van der Waals surface area contributed by atoms with Crippen LogP contribution in [-0.4, -0.2) is 23.1 Å². The van der Waals surface area contributed by atoms with Crippen molar-refractivity contribution >= 4 is 0 Å². The van der Waals surface area contributed by atoms with Crippen LogP contribution in [0.15, 0.2) is 10.9 Å². The average molecular weight is 207 g/mol. The van der Waals surface area contributed by atoms with Crippen LogP contribution in [-0.2, 0) is 26.6 Å². The summed E-state index contributed by atoms with van der Waals surface area (Å²) in [5.41, 5.74) is 8.74. The van der Waals surface area contributed by atoms with Crippen LogP contribution in [0.2, 0.25) is 0 Å². The lowest BCUT2D eigenvalue weighted by molar-refractivity contribution is 0.305. The lowest BCUT2D eigenvalue weighted by atomic mass is 10.0. The molecule has 0 radical (unpaired) electrons. The van der Waals surface area contributed by atoms with Crippen molar-refractivity contribution in [3.8, 4) is 0 Å². The summed E-state index contributed by atoms with van der Waals surface area (Å²) in [5.74, 6) is 0. The number of fused-ring (bicyclic) bond motifs is 1. The molecule has 82 valence electrons. The number of hydrogen-bond acceptors (Lipinski definition) is 3. The molecule has 15 heavy (non-hydrogen) atoms. The number of nitrogens with zero attached hydrogens (tertiary/aromatic N) is 2. The molecule has 0 saturated heterocycles. The highest BCUT2D eigenvalue weighted by Crippen LogP contribution is 2.16. The Kier molecular flexibility index (Phi) is 2.63. The van der Waals surface area contributed by atoms with Crippen molar-refractivity contribution in [3.05, 3.63) is 33.2 Å². The minimum Gasteiger partial charge on any atom is -0.326 e. The number of nitrogens with two attached hydrogens (primary N) is 1. The summed E-state index contributed by atoms with van der Waals surface area (Å²) in [7, 11) is 3.93. The van der Waals surface area contributed by atoms with Crippen LogP contribution in [0, 0.1) is 0 Å². The monoisotopic (exact) mass is 207 g/mol. The Morgan fingerprint density at radius 3 is 2.87 bits per heavy atom. The second-order valence-electron chi connectivity index (χ2n) is 4.20. The SMILES string of the molecule is CN1CCc2c(cc(CN)c(=O)n2C)C1. The maximum absolute atomic E-state index is 11.8. The van der Waals surface area contributed by atoms with Crippen molar-refractivity contribution < 1.29 is 0 Å². The second-order valence-corrected chi connectivity index (χ2v) is 4.20. The van der Waals surface area contributed by atoms with Gasteiger partial charge in [-0.15, -0.1) is 0 Å². The van der Waals surface area contributed by atoms with Crippen LogP contribution in [0.4, 0.5) is 0 Å². The van der Waals surface area contributed by atoms with Crippen molar-refractivity contribution in [1.82, 2.24) is 9.47 Å². The topological polar surface area (TPSA) is 51.3 Å². The molecule has 0 bridgehead atoms. The Bertz CT molecular complexity index is 436. The molecule has 1 aromatic rings. The van der Waals surface area contributed by atoms with E-state index in [1.54, 1.807) is 4.57 Å². The summed E-state index contributed by atoms with van der Waals surface area (Å²) >= 11 is 0. The van der Waals surface area contributed by atoms with Crippen LogP contribution >= 0.6 is 0 Å². The third kappa shape index (κ3) is 1.70. The molecule has 1 aliphatic heterocycles. The Labute approximate surface area is 89.3 Å². The predicted octanol–water partition coefficient (Wildman–Crippen LogP) is -0.168. The van der Waals surface area contributed by atoms with E-state index >= 15 is 0 Å². The van der Waals surface area contributed by atoms with Gasteiger partial charge in [0.2, 0.25) is 0 Å². The minimum absolute atomic E-state index is 0.0563. The van der Waals surface area contributed by atoms with Gasteiger partial charge in [0.25, 0.3) is 5.56 Å². The molecule has 1 aliphatic rings. The molecule has 0 amide bonds. The second kappa shape index (κ2) is 3.79. The quantitative estimate of drug-likeness (QED) is 0.695. The van der Waals surface area contributed by atoms with Crippen molar-refractivity contribution in [2.24, 2.45) is 12.8 Å². The lowest BCUT2D eigenvalue weighted by Crippen LogP contribution is -2.34. The van der Waals surface area contributed by atoms with Crippen molar-refractivity contribution in [1.29, 1.82) is 0 Å². The van der Waals surface area contributed by atoms with Gasteiger partial charge in [0.1, 0.15) is 0 Å². The summed E-state index contributed by atoms with van der Waals surface area (Å²) in [6, 6.07) is 1.97. The average Bonchev–Trinajstić information content (AvgIpc) is 2.23. The molecule has 0 saturated carbocycles. The van der Waals surface area contributed by atoms with Gasteiger partial charge in [-0.3, -0.25) is 4.79 Å². The molecule has 0 spiro atoms. The third-order valence-electron chi connectivity index (χ3n) is 3.09. The highest BCUT2D eigenvalue weighted by molar-refractivity contribution is 5.28. The largest absolute Gasteiger partial charge is 0.326 e. The molecule has 2 rings (SSSR count). The van der Waals surface area contributed by atoms with Gasteiger partial charge in [-0.2, -0.15) is 0 Å². The van der Waals surface area contributed by atoms with E-state index in [-0.39, 0.29) is 5.56 Å². The summed E-state index contributed by atoms with van der Waals surface area (Å²) in [6.07, 6.45) is 0.947. The van der Waals surface area contributed by atoms with Crippen LogP contribution < -0.4 is 11.3 Å². The number of hydrogen-bond donors (Lipinski definition) is 1. The number of pyridine rings is 1. The Hall–Kier alpha value is -1.13. The van der Waals surface area contributed by atoms with Gasteiger partial charge in [0, 0.05) is 44.4 Å². The zero-order valence-corrected chi connectivity index (χ0v) is 9.29. The smallest absolute Gasteiger partial charge is 0.254 e. The predicted molar refractivity (Wildman–Crippen MR) is 59.6 cm³/mol. The number of aromatic nitrogens is 1. The molecule has 2 heterocycles. The maximum atomic E-state index is 11.8. The molecule has 0 atom stereocenters. The first-order valence-electron chi connectivity index (χ1n) is 5.22. The van der Waals surface area contributed by atoms with Gasteiger partial charge < -0.3 is 15.2 Å². The van der Waals surface area contributed by atoms with Gasteiger partial charge in [-0.1, -0.05) is 0 Å². The van der Waals surface area contributed by atoms with E-state index < -0.39 is 0 Å². The molecule has 0 aliphatic carbocycles. The highest BCUT2D eigenvalue weighted by atomic mass is 16.1. The van der Waals surface area contributed by atoms with Gasteiger partial charge in [0.05, 0.1) is 0 Å².